The highest BCUT2D eigenvalue weighted by atomic mass is 32.2. The topological polar surface area (TPSA) is 83.6 Å². The van der Waals surface area contributed by atoms with Crippen LogP contribution in [-0.4, -0.2) is 64.6 Å². The van der Waals surface area contributed by atoms with E-state index in [1.807, 2.05) is 0 Å². The number of hydrogen-bond acceptors (Lipinski definition) is 5. The lowest BCUT2D eigenvalue weighted by Gasteiger charge is -2.21. The molecule has 8 heteroatoms. The Hall–Kier alpha value is -0.180. The van der Waals surface area contributed by atoms with Crippen molar-refractivity contribution < 1.29 is 16.8 Å². The fourth-order valence-corrected chi connectivity index (χ4v) is 3.44. The maximum Gasteiger partial charge on any atom is 0.217 e. The van der Waals surface area contributed by atoms with Crippen molar-refractivity contribution in [3.05, 3.63) is 0 Å². The summed E-state index contributed by atoms with van der Waals surface area (Å²) in [5, 5.41) is 2.63. The van der Waals surface area contributed by atoms with E-state index >= 15 is 0 Å². The molecule has 0 aromatic carbocycles. The molecule has 18 heavy (non-hydrogen) atoms. The van der Waals surface area contributed by atoms with Crippen LogP contribution in [0.25, 0.3) is 0 Å². The molecule has 1 fully saturated rings. The van der Waals surface area contributed by atoms with E-state index in [4.69, 9.17) is 0 Å². The summed E-state index contributed by atoms with van der Waals surface area (Å²) < 4.78 is 47.3. The highest BCUT2D eigenvalue weighted by Crippen LogP contribution is 2.19. The normalized spacial score (nSPS) is 19.1. The molecule has 1 aliphatic rings. The highest BCUT2D eigenvalue weighted by Gasteiger charge is 2.28. The van der Waals surface area contributed by atoms with Crippen LogP contribution >= 0.6 is 0 Å². The Morgan fingerprint density at radius 1 is 1.28 bits per heavy atom. The van der Waals surface area contributed by atoms with Gasteiger partial charge in [-0.1, -0.05) is 0 Å². The third-order valence-electron chi connectivity index (χ3n) is 2.99. The molecule has 0 amide bonds. The zero-order chi connectivity index (χ0) is 14.0. The molecule has 1 aliphatic carbocycles. The molecule has 0 aromatic rings. The summed E-state index contributed by atoms with van der Waals surface area (Å²) in [6.45, 7) is 2.06. The van der Waals surface area contributed by atoms with Crippen LogP contribution in [0.3, 0.4) is 0 Å². The molecule has 1 N–H and O–H groups in total. The molecule has 0 aliphatic heterocycles. The lowest BCUT2D eigenvalue weighted by molar-refractivity contribution is 0.470. The molecule has 1 saturated carbocycles. The van der Waals surface area contributed by atoms with Crippen molar-refractivity contribution in [2.45, 2.75) is 31.1 Å². The molecular formula is C10H22N2O4S2. The smallest absolute Gasteiger partial charge is 0.217 e. The fraction of sp³-hybridized carbons (Fsp3) is 1.00. The zero-order valence-electron chi connectivity index (χ0n) is 11.1. The maximum atomic E-state index is 12.1. The Morgan fingerprint density at radius 3 is 2.28 bits per heavy atom. The second kappa shape index (κ2) is 5.85. The minimum Gasteiger partial charge on any atom is -0.313 e. The first-order chi connectivity index (χ1) is 8.13. The van der Waals surface area contributed by atoms with Gasteiger partial charge in [-0.15, -0.1) is 0 Å². The third kappa shape index (κ3) is 5.21. The third-order valence-corrected chi connectivity index (χ3v) is 6.15. The summed E-state index contributed by atoms with van der Waals surface area (Å²) in [6.07, 6.45) is 3.32. The number of sulfone groups is 1. The molecule has 108 valence electrons. The highest BCUT2D eigenvalue weighted by molar-refractivity contribution is 7.91. The SMILES string of the molecule is CC(CNC1CC1)S(=O)(=O)N(C)CCS(C)(=O)=O. The molecule has 0 heterocycles. The van der Waals surface area contributed by atoms with Gasteiger partial charge in [-0.2, -0.15) is 0 Å². The van der Waals surface area contributed by atoms with Crippen molar-refractivity contribution in [3.63, 3.8) is 0 Å². The van der Waals surface area contributed by atoms with Crippen molar-refractivity contribution in [2.24, 2.45) is 0 Å². The minimum absolute atomic E-state index is 0.00886. The van der Waals surface area contributed by atoms with E-state index in [9.17, 15) is 16.8 Å². The number of nitrogens with zero attached hydrogens (tertiary/aromatic N) is 1. The zero-order valence-corrected chi connectivity index (χ0v) is 12.7. The van der Waals surface area contributed by atoms with Crippen molar-refractivity contribution in [1.29, 1.82) is 0 Å². The summed E-state index contributed by atoms with van der Waals surface area (Å²) in [6, 6.07) is 0.462. The molecule has 1 unspecified atom stereocenters. The van der Waals surface area contributed by atoms with Gasteiger partial charge >= 0.3 is 0 Å². The molecule has 0 aromatic heterocycles. The molecule has 0 bridgehead atoms. The lowest BCUT2D eigenvalue weighted by Crippen LogP contribution is -2.42. The molecule has 0 radical (unpaired) electrons. The van der Waals surface area contributed by atoms with Gasteiger partial charge in [-0.3, -0.25) is 0 Å². The Kier molecular flexibility index (Phi) is 5.16. The van der Waals surface area contributed by atoms with E-state index in [1.165, 1.54) is 7.05 Å². The van der Waals surface area contributed by atoms with Crippen molar-refractivity contribution in [1.82, 2.24) is 9.62 Å². The Labute approximate surface area is 110 Å². The van der Waals surface area contributed by atoms with Crippen molar-refractivity contribution in [2.75, 3.05) is 32.1 Å². The summed E-state index contributed by atoms with van der Waals surface area (Å²) in [5.74, 6) is -0.147. The van der Waals surface area contributed by atoms with Crippen molar-refractivity contribution >= 4 is 19.9 Å². The van der Waals surface area contributed by atoms with Crippen LogP contribution in [0.15, 0.2) is 0 Å². The van der Waals surface area contributed by atoms with Crippen LogP contribution in [0.2, 0.25) is 0 Å². The second-order valence-corrected chi connectivity index (χ2v) is 9.71. The molecule has 0 spiro atoms. The van der Waals surface area contributed by atoms with E-state index in [2.05, 4.69) is 5.32 Å². The van der Waals surface area contributed by atoms with Crippen LogP contribution in [0.1, 0.15) is 19.8 Å². The van der Waals surface area contributed by atoms with Gasteiger partial charge in [-0.25, -0.2) is 21.1 Å². The van der Waals surface area contributed by atoms with Crippen LogP contribution in [0.5, 0.6) is 0 Å². The Morgan fingerprint density at radius 2 is 1.83 bits per heavy atom. The second-order valence-electron chi connectivity index (χ2n) is 4.99. The first kappa shape index (κ1) is 15.9. The average Bonchev–Trinajstić information content (AvgIpc) is 3.04. The van der Waals surface area contributed by atoms with Gasteiger partial charge in [0.2, 0.25) is 10.0 Å². The van der Waals surface area contributed by atoms with Gasteiger partial charge in [0.05, 0.1) is 11.0 Å². The molecule has 6 nitrogen and oxygen atoms in total. The standard InChI is InChI=1S/C10H22N2O4S2/c1-9(8-11-10-4-5-10)18(15,16)12(2)6-7-17(3,13)14/h9-11H,4-8H2,1-3H3. The molecule has 1 atom stereocenters. The minimum atomic E-state index is -3.42. The van der Waals surface area contributed by atoms with Crippen molar-refractivity contribution in [3.8, 4) is 0 Å². The fourth-order valence-electron chi connectivity index (χ4n) is 1.45. The number of hydrogen-bond donors (Lipinski definition) is 1. The van der Waals surface area contributed by atoms with Crippen LogP contribution in [0.4, 0.5) is 0 Å². The lowest BCUT2D eigenvalue weighted by atomic mass is 10.4. The van der Waals surface area contributed by atoms with E-state index < -0.39 is 25.1 Å². The first-order valence-electron chi connectivity index (χ1n) is 5.99. The molecule has 0 saturated heterocycles. The van der Waals surface area contributed by atoms with E-state index in [0.29, 0.717) is 12.6 Å². The number of sulfonamides is 1. The Balaban J connectivity index is 2.48. The van der Waals surface area contributed by atoms with E-state index in [1.54, 1.807) is 6.92 Å². The summed E-state index contributed by atoms with van der Waals surface area (Å²) >= 11 is 0. The number of nitrogens with one attached hydrogen (secondary N) is 1. The first-order valence-corrected chi connectivity index (χ1v) is 9.55. The van der Waals surface area contributed by atoms with Gasteiger partial charge in [0.25, 0.3) is 0 Å². The average molecular weight is 298 g/mol. The van der Waals surface area contributed by atoms with Crippen LogP contribution in [-0.2, 0) is 19.9 Å². The predicted octanol–water partition coefficient (Wildman–Crippen LogP) is -0.567. The monoisotopic (exact) mass is 298 g/mol. The van der Waals surface area contributed by atoms with E-state index in [0.717, 1.165) is 23.4 Å². The molecular weight excluding hydrogens is 276 g/mol. The quantitative estimate of drug-likeness (QED) is 0.649. The maximum absolute atomic E-state index is 12.1. The Bertz CT molecular complexity index is 468. The van der Waals surface area contributed by atoms with Gasteiger partial charge in [-0.05, 0) is 19.8 Å². The van der Waals surface area contributed by atoms with Gasteiger partial charge < -0.3 is 5.32 Å². The summed E-state index contributed by atoms with van der Waals surface area (Å²) in [4.78, 5) is 0. The van der Waals surface area contributed by atoms with Gasteiger partial charge in [0.1, 0.15) is 9.84 Å². The van der Waals surface area contributed by atoms with Gasteiger partial charge in [0.15, 0.2) is 0 Å². The summed E-state index contributed by atoms with van der Waals surface area (Å²) in [7, 11) is -5.14. The summed E-state index contributed by atoms with van der Waals surface area (Å²) in [5.41, 5.74) is 0. The van der Waals surface area contributed by atoms with E-state index in [-0.39, 0.29) is 12.3 Å². The predicted molar refractivity (Wildman–Crippen MR) is 71.7 cm³/mol. The number of rotatable bonds is 8. The molecule has 1 rings (SSSR count). The van der Waals surface area contributed by atoms with Crippen LogP contribution in [0, 0.1) is 0 Å². The van der Waals surface area contributed by atoms with Gasteiger partial charge in [0, 0.05) is 32.4 Å². The van der Waals surface area contributed by atoms with Crippen LogP contribution < -0.4 is 5.32 Å². The largest absolute Gasteiger partial charge is 0.313 e.